The van der Waals surface area contributed by atoms with Crippen molar-refractivity contribution in [1.29, 1.82) is 0 Å². The van der Waals surface area contributed by atoms with Crippen molar-refractivity contribution in [3.8, 4) is 0 Å². The van der Waals surface area contributed by atoms with Crippen molar-refractivity contribution < 1.29 is 9.18 Å². The van der Waals surface area contributed by atoms with E-state index in [4.69, 9.17) is 0 Å². The lowest BCUT2D eigenvalue weighted by atomic mass is 9.90. The molecule has 1 saturated carbocycles. The Morgan fingerprint density at radius 1 is 0.947 bits per heavy atom. The number of nitrogens with one attached hydrogen (secondary N) is 1. The molecule has 0 bridgehead atoms. The lowest BCUT2D eigenvalue weighted by Crippen LogP contribution is -2.46. The maximum absolute atomic E-state index is 14.1. The lowest BCUT2D eigenvalue weighted by molar-refractivity contribution is 0.0923. The van der Waals surface area contributed by atoms with E-state index >= 15 is 0 Å². The van der Waals surface area contributed by atoms with E-state index in [2.05, 4.69) is 15.3 Å². The second-order valence-corrected chi connectivity index (χ2v) is 11.3. The largest absolute Gasteiger partial charge is 0.349 e. The summed E-state index contributed by atoms with van der Waals surface area (Å²) in [6.07, 6.45) is 6.72. The number of nitrogens with zero attached hydrogens (tertiary/aromatic N) is 4. The summed E-state index contributed by atoms with van der Waals surface area (Å²) >= 11 is 1.84. The second-order valence-electron chi connectivity index (χ2n) is 10.1. The van der Waals surface area contributed by atoms with Crippen molar-refractivity contribution in [2.24, 2.45) is 0 Å². The molecule has 0 unspecified atom stereocenters. The van der Waals surface area contributed by atoms with Gasteiger partial charge in [0.1, 0.15) is 11.5 Å². The third-order valence-electron chi connectivity index (χ3n) is 7.75. The monoisotopic (exact) mass is 533 g/mol. The second kappa shape index (κ2) is 10.3. The van der Waals surface area contributed by atoms with Crippen LogP contribution in [0.25, 0.3) is 21.9 Å². The fourth-order valence-electron chi connectivity index (χ4n) is 5.83. The molecule has 1 saturated heterocycles. The third-order valence-corrected chi connectivity index (χ3v) is 8.80. The standard InChI is InChI=1S/C28H28FN5O3S/c29-18-15-23-25(31-16-18)33(21-10-13-38-14-11-21)28(37)34(27(23)36)20-8-6-19(7-9-20)32-26(35)22-5-1-3-17-4-2-12-30-24(17)22/h1-5,12,15-16,19-21H,6-11,13-14H2,(H,32,35)/t19-,20+. The smallest absolute Gasteiger partial charge is 0.333 e. The van der Waals surface area contributed by atoms with Crippen LogP contribution in [0.15, 0.2) is 58.4 Å². The molecule has 3 aromatic heterocycles. The molecule has 0 spiro atoms. The number of fused-ring (bicyclic) bond motifs is 2. The normalized spacial score (nSPS) is 20.6. The van der Waals surface area contributed by atoms with Crippen LogP contribution in [-0.2, 0) is 0 Å². The molecule has 4 heterocycles. The highest BCUT2D eigenvalue weighted by atomic mass is 32.2. The number of para-hydroxylation sites is 1. The van der Waals surface area contributed by atoms with Crippen molar-refractivity contribution in [3.63, 3.8) is 0 Å². The van der Waals surface area contributed by atoms with E-state index < -0.39 is 11.4 Å². The molecule has 2 aliphatic rings. The summed E-state index contributed by atoms with van der Waals surface area (Å²) in [4.78, 5) is 48.9. The molecule has 1 aliphatic carbocycles. The molecule has 1 aliphatic heterocycles. The predicted octanol–water partition coefficient (Wildman–Crippen LogP) is 4.23. The minimum atomic E-state index is -0.597. The average molecular weight is 534 g/mol. The zero-order valence-corrected chi connectivity index (χ0v) is 21.6. The van der Waals surface area contributed by atoms with Crippen LogP contribution in [0.3, 0.4) is 0 Å². The number of carbonyl (C=O) groups is 1. The number of hydrogen-bond donors (Lipinski definition) is 1. The Morgan fingerprint density at radius 2 is 1.68 bits per heavy atom. The Morgan fingerprint density at radius 3 is 2.47 bits per heavy atom. The summed E-state index contributed by atoms with van der Waals surface area (Å²) in [7, 11) is 0. The first kappa shape index (κ1) is 24.8. The van der Waals surface area contributed by atoms with Crippen LogP contribution in [0.4, 0.5) is 4.39 Å². The molecule has 196 valence electrons. The Labute approximate surface area is 222 Å². The van der Waals surface area contributed by atoms with Crippen LogP contribution in [0, 0.1) is 5.82 Å². The SMILES string of the molecule is O=C(N[C@H]1CC[C@@H](n2c(=O)c3cc(F)cnc3n(C3CCSCC3)c2=O)CC1)c1cccc2cccnc12. The first-order valence-electron chi connectivity index (χ1n) is 13.1. The van der Waals surface area contributed by atoms with Crippen molar-refractivity contribution in [2.75, 3.05) is 11.5 Å². The van der Waals surface area contributed by atoms with Crippen molar-refractivity contribution in [2.45, 2.75) is 56.7 Å². The van der Waals surface area contributed by atoms with E-state index in [9.17, 15) is 18.8 Å². The Bertz CT molecular complexity index is 1630. The minimum absolute atomic E-state index is 0.0685. The molecule has 1 aromatic carbocycles. The average Bonchev–Trinajstić information content (AvgIpc) is 2.94. The molecule has 8 nitrogen and oxygen atoms in total. The Kier molecular flexibility index (Phi) is 6.73. The van der Waals surface area contributed by atoms with Gasteiger partial charge in [0, 0.05) is 29.7 Å². The van der Waals surface area contributed by atoms with Gasteiger partial charge >= 0.3 is 5.69 Å². The maximum atomic E-state index is 14.1. The number of benzene rings is 1. The van der Waals surface area contributed by atoms with Crippen molar-refractivity contribution >= 4 is 39.6 Å². The molecule has 2 fully saturated rings. The van der Waals surface area contributed by atoms with Gasteiger partial charge in [0.15, 0.2) is 0 Å². The van der Waals surface area contributed by atoms with Gasteiger partial charge in [0.2, 0.25) is 0 Å². The summed E-state index contributed by atoms with van der Waals surface area (Å²) in [6, 6.07) is 10.0. The van der Waals surface area contributed by atoms with Gasteiger partial charge in [0.05, 0.1) is 22.7 Å². The number of thioether (sulfide) groups is 1. The minimum Gasteiger partial charge on any atom is -0.349 e. The molecule has 0 radical (unpaired) electrons. The van der Waals surface area contributed by atoms with Gasteiger partial charge in [-0.2, -0.15) is 11.8 Å². The topological polar surface area (TPSA) is 98.9 Å². The first-order chi connectivity index (χ1) is 18.5. The lowest BCUT2D eigenvalue weighted by Gasteiger charge is -2.31. The van der Waals surface area contributed by atoms with Gasteiger partial charge in [0.25, 0.3) is 11.5 Å². The van der Waals surface area contributed by atoms with Crippen molar-refractivity contribution in [1.82, 2.24) is 24.4 Å². The molecule has 6 rings (SSSR count). The third kappa shape index (κ3) is 4.51. The highest BCUT2D eigenvalue weighted by Crippen LogP contribution is 2.30. The molecule has 10 heteroatoms. The number of amides is 1. The predicted molar refractivity (Wildman–Crippen MR) is 146 cm³/mol. The first-order valence-corrected chi connectivity index (χ1v) is 14.2. The number of pyridine rings is 2. The van der Waals surface area contributed by atoms with E-state index in [1.54, 1.807) is 16.8 Å². The van der Waals surface area contributed by atoms with Gasteiger partial charge in [-0.05, 0) is 68.2 Å². The molecular formula is C28H28FN5O3S. The van der Waals surface area contributed by atoms with Crippen LogP contribution in [0.5, 0.6) is 0 Å². The van der Waals surface area contributed by atoms with Crippen LogP contribution in [0.2, 0.25) is 0 Å². The zero-order chi connectivity index (χ0) is 26.2. The van der Waals surface area contributed by atoms with E-state index in [1.165, 1.54) is 10.6 Å². The number of aromatic nitrogens is 4. The van der Waals surface area contributed by atoms with Crippen LogP contribution < -0.4 is 16.6 Å². The molecule has 38 heavy (non-hydrogen) atoms. The fourth-order valence-corrected chi connectivity index (χ4v) is 6.91. The summed E-state index contributed by atoms with van der Waals surface area (Å²) in [5.74, 6) is 1.07. The number of rotatable bonds is 4. The molecular weight excluding hydrogens is 505 g/mol. The maximum Gasteiger partial charge on any atom is 0.333 e. The Balaban J connectivity index is 1.26. The summed E-state index contributed by atoms with van der Waals surface area (Å²) in [6.45, 7) is 0. The van der Waals surface area contributed by atoms with E-state index in [0.29, 0.717) is 36.8 Å². The van der Waals surface area contributed by atoms with Gasteiger partial charge in [-0.15, -0.1) is 0 Å². The summed E-state index contributed by atoms with van der Waals surface area (Å²) in [5, 5.41) is 4.16. The van der Waals surface area contributed by atoms with E-state index in [-0.39, 0.29) is 40.8 Å². The summed E-state index contributed by atoms with van der Waals surface area (Å²) in [5.41, 5.74) is 0.588. The number of hydrogen-bond acceptors (Lipinski definition) is 6. The highest BCUT2D eigenvalue weighted by Gasteiger charge is 2.30. The van der Waals surface area contributed by atoms with E-state index in [0.717, 1.165) is 35.9 Å². The highest BCUT2D eigenvalue weighted by molar-refractivity contribution is 7.99. The van der Waals surface area contributed by atoms with E-state index in [1.807, 2.05) is 36.0 Å². The van der Waals surface area contributed by atoms with Crippen LogP contribution in [0.1, 0.15) is 61.0 Å². The van der Waals surface area contributed by atoms with Gasteiger partial charge in [-0.3, -0.25) is 23.7 Å². The molecule has 4 aromatic rings. The molecule has 1 amide bonds. The summed E-state index contributed by atoms with van der Waals surface area (Å²) < 4.78 is 17.1. The number of carbonyl (C=O) groups excluding carboxylic acids is 1. The zero-order valence-electron chi connectivity index (χ0n) is 20.8. The Hall–Kier alpha value is -3.53. The van der Waals surface area contributed by atoms with Crippen LogP contribution in [-0.4, -0.2) is 42.6 Å². The molecule has 0 atom stereocenters. The van der Waals surface area contributed by atoms with Gasteiger partial charge in [-0.1, -0.05) is 18.2 Å². The van der Waals surface area contributed by atoms with Gasteiger partial charge in [-0.25, -0.2) is 14.2 Å². The van der Waals surface area contributed by atoms with Gasteiger partial charge < -0.3 is 5.32 Å². The van der Waals surface area contributed by atoms with Crippen molar-refractivity contribution in [3.05, 3.63) is 81.0 Å². The molecule has 1 N–H and O–H groups in total. The quantitative estimate of drug-likeness (QED) is 0.422. The number of halogens is 1. The fraction of sp³-hybridized carbons (Fsp3) is 0.393. The van der Waals surface area contributed by atoms with Crippen LogP contribution >= 0.6 is 11.8 Å².